The van der Waals surface area contributed by atoms with E-state index in [-0.39, 0.29) is 5.56 Å². The molecule has 122 valence electrons. The number of fused-ring (bicyclic) bond motifs is 1. The number of anilines is 2. The van der Waals surface area contributed by atoms with E-state index < -0.39 is 0 Å². The highest BCUT2D eigenvalue weighted by Crippen LogP contribution is 2.17. The number of hydrogen-bond donors (Lipinski definition) is 0. The monoisotopic (exact) mass is 322 g/mol. The number of aryl methyl sites for hydroxylation is 1. The Bertz CT molecular complexity index is 930. The molecule has 0 bridgehead atoms. The van der Waals surface area contributed by atoms with Crippen molar-refractivity contribution in [1.82, 2.24) is 19.4 Å². The minimum absolute atomic E-state index is 0.0514. The minimum Gasteiger partial charge on any atom is -0.353 e. The number of hydrogen-bond acceptors (Lipinski definition) is 6. The second-order valence-electron chi connectivity index (χ2n) is 5.87. The molecule has 1 aliphatic heterocycles. The third kappa shape index (κ3) is 2.68. The van der Waals surface area contributed by atoms with Gasteiger partial charge in [-0.3, -0.25) is 9.20 Å². The fourth-order valence-corrected chi connectivity index (χ4v) is 2.98. The quantitative estimate of drug-likeness (QED) is 0.704. The van der Waals surface area contributed by atoms with Crippen LogP contribution in [0.2, 0.25) is 0 Å². The summed E-state index contributed by atoms with van der Waals surface area (Å²) in [5.74, 6) is 1.69. The van der Waals surface area contributed by atoms with Crippen LogP contribution in [0.3, 0.4) is 0 Å². The molecule has 24 heavy (non-hydrogen) atoms. The Morgan fingerprint density at radius 1 is 0.958 bits per heavy atom. The highest BCUT2D eigenvalue weighted by atomic mass is 16.1. The van der Waals surface area contributed by atoms with Crippen molar-refractivity contribution in [2.45, 2.75) is 6.92 Å². The zero-order valence-corrected chi connectivity index (χ0v) is 13.5. The molecule has 3 aromatic heterocycles. The van der Waals surface area contributed by atoms with Crippen molar-refractivity contribution in [2.24, 2.45) is 0 Å². The first-order valence-electron chi connectivity index (χ1n) is 7.98. The molecule has 1 saturated heterocycles. The zero-order chi connectivity index (χ0) is 16.5. The molecule has 1 aliphatic rings. The first kappa shape index (κ1) is 14.6. The molecule has 0 atom stereocenters. The van der Waals surface area contributed by atoms with Crippen LogP contribution in [0.5, 0.6) is 0 Å². The van der Waals surface area contributed by atoms with E-state index >= 15 is 0 Å². The normalized spacial score (nSPS) is 15.0. The van der Waals surface area contributed by atoms with Crippen molar-refractivity contribution in [3.05, 3.63) is 58.9 Å². The second-order valence-corrected chi connectivity index (χ2v) is 5.87. The van der Waals surface area contributed by atoms with Crippen molar-refractivity contribution in [2.75, 3.05) is 36.0 Å². The summed E-state index contributed by atoms with van der Waals surface area (Å²) in [5, 5.41) is 0. The van der Waals surface area contributed by atoms with E-state index in [1.807, 2.05) is 31.2 Å². The number of nitrogens with zero attached hydrogens (tertiary/aromatic N) is 6. The molecule has 0 saturated carbocycles. The molecule has 0 unspecified atom stereocenters. The Morgan fingerprint density at radius 3 is 2.46 bits per heavy atom. The summed E-state index contributed by atoms with van der Waals surface area (Å²) in [4.78, 5) is 29.7. The van der Waals surface area contributed by atoms with E-state index in [0.29, 0.717) is 5.65 Å². The van der Waals surface area contributed by atoms with Gasteiger partial charge in [0.25, 0.3) is 5.56 Å². The molecular weight excluding hydrogens is 304 g/mol. The van der Waals surface area contributed by atoms with Crippen LogP contribution >= 0.6 is 0 Å². The van der Waals surface area contributed by atoms with Crippen molar-refractivity contribution >= 4 is 17.3 Å². The maximum atomic E-state index is 12.2. The Morgan fingerprint density at radius 2 is 1.71 bits per heavy atom. The van der Waals surface area contributed by atoms with Gasteiger partial charge in [-0.05, 0) is 19.1 Å². The highest BCUT2D eigenvalue weighted by molar-refractivity contribution is 5.50. The van der Waals surface area contributed by atoms with Gasteiger partial charge in [-0.2, -0.15) is 0 Å². The molecule has 0 radical (unpaired) electrons. The third-order valence-electron chi connectivity index (χ3n) is 4.27. The summed E-state index contributed by atoms with van der Waals surface area (Å²) in [6.45, 7) is 5.25. The molecule has 3 aromatic rings. The van der Waals surface area contributed by atoms with Gasteiger partial charge in [0.2, 0.25) is 0 Å². The summed E-state index contributed by atoms with van der Waals surface area (Å²) < 4.78 is 1.56. The van der Waals surface area contributed by atoms with E-state index in [1.165, 1.54) is 0 Å². The molecule has 0 spiro atoms. The number of piperazine rings is 1. The summed E-state index contributed by atoms with van der Waals surface area (Å²) in [6, 6.07) is 9.18. The Labute approximate surface area is 139 Å². The molecule has 1 fully saturated rings. The van der Waals surface area contributed by atoms with Gasteiger partial charge < -0.3 is 9.80 Å². The molecular formula is C17H18N6O. The van der Waals surface area contributed by atoms with Crippen molar-refractivity contribution < 1.29 is 0 Å². The van der Waals surface area contributed by atoms with Gasteiger partial charge in [0.05, 0.1) is 0 Å². The number of rotatable bonds is 2. The number of aromatic nitrogens is 4. The lowest BCUT2D eigenvalue weighted by atomic mass is 10.3. The molecule has 0 N–H and O–H groups in total. The van der Waals surface area contributed by atoms with Crippen LogP contribution in [0.1, 0.15) is 5.69 Å². The molecule has 4 rings (SSSR count). The van der Waals surface area contributed by atoms with Crippen molar-refractivity contribution in [3.8, 4) is 0 Å². The smallest absolute Gasteiger partial charge is 0.259 e. The van der Waals surface area contributed by atoms with Crippen LogP contribution in [-0.4, -0.2) is 45.5 Å². The van der Waals surface area contributed by atoms with Gasteiger partial charge in [-0.15, -0.1) is 0 Å². The van der Waals surface area contributed by atoms with Crippen LogP contribution in [-0.2, 0) is 0 Å². The predicted molar refractivity (Wildman–Crippen MR) is 92.7 cm³/mol. The van der Waals surface area contributed by atoms with Gasteiger partial charge in [-0.25, -0.2) is 15.0 Å². The number of pyridine rings is 1. The molecule has 7 nitrogen and oxygen atoms in total. The van der Waals surface area contributed by atoms with Gasteiger partial charge in [-0.1, -0.05) is 6.07 Å². The van der Waals surface area contributed by atoms with E-state index in [0.717, 1.165) is 43.5 Å². The standard InChI is InChI=1S/C17H18N6O/c1-13-10-15(19-12-18-13)21-6-8-22(9-7-21)16-11-17(24)23-5-3-2-4-14(23)20-16/h2-5,10-12H,6-9H2,1H3. The Balaban J connectivity index is 1.55. The zero-order valence-electron chi connectivity index (χ0n) is 13.5. The summed E-state index contributed by atoms with van der Waals surface area (Å²) in [5.41, 5.74) is 1.59. The fraction of sp³-hybridized carbons (Fsp3) is 0.294. The molecule has 0 aliphatic carbocycles. The Hall–Kier alpha value is -2.96. The lowest BCUT2D eigenvalue weighted by molar-refractivity contribution is 0.640. The second kappa shape index (κ2) is 5.92. The van der Waals surface area contributed by atoms with E-state index in [4.69, 9.17) is 0 Å². The third-order valence-corrected chi connectivity index (χ3v) is 4.27. The molecule has 7 heteroatoms. The van der Waals surface area contributed by atoms with Crippen molar-refractivity contribution in [1.29, 1.82) is 0 Å². The van der Waals surface area contributed by atoms with Crippen LogP contribution in [0, 0.1) is 6.92 Å². The van der Waals surface area contributed by atoms with Crippen LogP contribution in [0.4, 0.5) is 11.6 Å². The topological polar surface area (TPSA) is 66.6 Å². The molecule has 0 amide bonds. The average Bonchev–Trinajstić information content (AvgIpc) is 2.62. The van der Waals surface area contributed by atoms with Gasteiger partial charge in [0, 0.05) is 50.2 Å². The summed E-state index contributed by atoms with van der Waals surface area (Å²) in [6.07, 6.45) is 3.34. The van der Waals surface area contributed by atoms with E-state index in [2.05, 4.69) is 24.8 Å². The fourth-order valence-electron chi connectivity index (χ4n) is 2.98. The van der Waals surface area contributed by atoms with Crippen LogP contribution in [0.25, 0.3) is 5.65 Å². The van der Waals surface area contributed by atoms with E-state index in [1.54, 1.807) is 23.0 Å². The van der Waals surface area contributed by atoms with Gasteiger partial charge >= 0.3 is 0 Å². The highest BCUT2D eigenvalue weighted by Gasteiger charge is 2.20. The largest absolute Gasteiger partial charge is 0.353 e. The summed E-state index contributed by atoms with van der Waals surface area (Å²) in [7, 11) is 0. The first-order valence-corrected chi connectivity index (χ1v) is 7.98. The Kier molecular flexibility index (Phi) is 3.60. The van der Waals surface area contributed by atoms with Crippen molar-refractivity contribution in [3.63, 3.8) is 0 Å². The maximum absolute atomic E-state index is 12.2. The molecule has 4 heterocycles. The van der Waals surface area contributed by atoms with Gasteiger partial charge in [0.15, 0.2) is 0 Å². The van der Waals surface area contributed by atoms with Gasteiger partial charge in [0.1, 0.15) is 23.6 Å². The van der Waals surface area contributed by atoms with E-state index in [9.17, 15) is 4.79 Å². The predicted octanol–water partition coefficient (Wildman–Crippen LogP) is 1.12. The average molecular weight is 322 g/mol. The lowest BCUT2D eigenvalue weighted by Crippen LogP contribution is -2.47. The minimum atomic E-state index is -0.0514. The first-order chi connectivity index (χ1) is 11.7. The maximum Gasteiger partial charge on any atom is 0.259 e. The summed E-state index contributed by atoms with van der Waals surface area (Å²) >= 11 is 0. The van der Waals surface area contributed by atoms with Crippen LogP contribution < -0.4 is 15.4 Å². The lowest BCUT2D eigenvalue weighted by Gasteiger charge is -2.36. The SMILES string of the molecule is Cc1cc(N2CCN(c3cc(=O)n4ccccc4n3)CC2)ncn1. The molecule has 0 aromatic carbocycles. The van der Waals surface area contributed by atoms with Crippen LogP contribution in [0.15, 0.2) is 47.7 Å².